The van der Waals surface area contributed by atoms with Gasteiger partial charge in [0.15, 0.2) is 5.82 Å². The molecule has 0 fully saturated rings. The van der Waals surface area contributed by atoms with Gasteiger partial charge in [-0.3, -0.25) is 5.10 Å². The Morgan fingerprint density at radius 1 is 1.50 bits per heavy atom. The minimum absolute atomic E-state index is 0.130. The zero-order valence-electron chi connectivity index (χ0n) is 8.40. The second-order valence-electron chi connectivity index (χ2n) is 3.25. The lowest BCUT2D eigenvalue weighted by molar-refractivity contribution is 0.570. The van der Waals surface area contributed by atoms with Gasteiger partial charge in [0.1, 0.15) is 5.82 Å². The number of nitrogens with zero attached hydrogens (tertiary/aromatic N) is 2. The first-order valence-corrected chi connectivity index (χ1v) is 5.83. The molecule has 0 unspecified atom stereocenters. The summed E-state index contributed by atoms with van der Waals surface area (Å²) in [5.74, 6) is 1.12. The second-order valence-corrected chi connectivity index (χ2v) is 5.57. The molecule has 1 rings (SSSR count). The molecule has 0 bridgehead atoms. The van der Waals surface area contributed by atoms with E-state index in [0.29, 0.717) is 11.6 Å². The summed E-state index contributed by atoms with van der Waals surface area (Å²) in [6.07, 6.45) is 0. The van der Waals surface area contributed by atoms with Crippen LogP contribution in [-0.2, 0) is 16.6 Å². The van der Waals surface area contributed by atoms with E-state index in [9.17, 15) is 8.42 Å². The van der Waals surface area contributed by atoms with E-state index in [1.807, 2.05) is 0 Å². The molecule has 0 aliphatic carbocycles. The van der Waals surface area contributed by atoms with E-state index in [0.717, 1.165) is 0 Å². The summed E-state index contributed by atoms with van der Waals surface area (Å²) in [4.78, 5) is 3.98. The first-order chi connectivity index (χ1) is 6.42. The van der Waals surface area contributed by atoms with Crippen molar-refractivity contribution in [3.63, 3.8) is 0 Å². The molecule has 2 N–H and O–H groups in total. The Hall–Kier alpha value is -0.950. The Bertz CT molecular complexity index is 396. The maximum atomic E-state index is 11.3. The van der Waals surface area contributed by atoms with Crippen molar-refractivity contribution in [3.05, 3.63) is 11.6 Å². The van der Waals surface area contributed by atoms with E-state index in [4.69, 9.17) is 0 Å². The van der Waals surface area contributed by atoms with Crippen LogP contribution in [-0.4, -0.2) is 28.8 Å². The van der Waals surface area contributed by atoms with Gasteiger partial charge in [0.05, 0.1) is 11.8 Å². The Balaban J connectivity index is 2.57. The van der Waals surface area contributed by atoms with E-state index in [1.54, 1.807) is 20.8 Å². The molecule has 0 radical (unpaired) electrons. The molecule has 14 heavy (non-hydrogen) atoms. The zero-order valence-corrected chi connectivity index (χ0v) is 9.22. The molecular weight excluding hydrogens is 204 g/mol. The molecular formula is C7H14N4O2S. The molecule has 0 saturated carbocycles. The molecule has 0 saturated heterocycles. The average Bonchev–Trinajstić information content (AvgIpc) is 2.48. The topological polar surface area (TPSA) is 87.7 Å². The van der Waals surface area contributed by atoms with Gasteiger partial charge in [0.25, 0.3) is 0 Å². The van der Waals surface area contributed by atoms with Gasteiger partial charge in [0.2, 0.25) is 10.0 Å². The van der Waals surface area contributed by atoms with Gasteiger partial charge < -0.3 is 0 Å². The van der Waals surface area contributed by atoms with Crippen LogP contribution in [0.15, 0.2) is 0 Å². The van der Waals surface area contributed by atoms with Crippen LogP contribution in [0.4, 0.5) is 0 Å². The normalized spacial score (nSPS) is 12.3. The number of hydrogen-bond donors (Lipinski definition) is 2. The summed E-state index contributed by atoms with van der Waals surface area (Å²) in [6, 6.07) is 0. The maximum absolute atomic E-state index is 11.3. The largest absolute Gasteiger partial charge is 0.263 e. The molecule has 0 aliphatic rings. The van der Waals surface area contributed by atoms with Crippen LogP contribution < -0.4 is 4.72 Å². The molecule has 1 aromatic heterocycles. The van der Waals surface area contributed by atoms with Crippen molar-refractivity contribution in [2.45, 2.75) is 32.6 Å². The fourth-order valence-corrected chi connectivity index (χ4v) is 1.46. The SMILES string of the molecule is Cc1nc(CNS(=O)(=O)C(C)C)n[nH]1. The lowest BCUT2D eigenvalue weighted by atomic mass is 10.6. The van der Waals surface area contributed by atoms with Gasteiger partial charge in [-0.2, -0.15) is 5.10 Å². The van der Waals surface area contributed by atoms with Gasteiger partial charge >= 0.3 is 0 Å². The van der Waals surface area contributed by atoms with Crippen LogP contribution in [0.1, 0.15) is 25.5 Å². The van der Waals surface area contributed by atoms with Crippen molar-refractivity contribution in [2.75, 3.05) is 0 Å². The number of rotatable bonds is 4. The first kappa shape index (κ1) is 11.1. The number of sulfonamides is 1. The second kappa shape index (κ2) is 4.05. The van der Waals surface area contributed by atoms with Crippen LogP contribution in [0.2, 0.25) is 0 Å². The molecule has 0 amide bonds. The van der Waals surface area contributed by atoms with Crippen LogP contribution in [0.25, 0.3) is 0 Å². The molecule has 6 nitrogen and oxygen atoms in total. The van der Waals surface area contributed by atoms with E-state index in [-0.39, 0.29) is 6.54 Å². The molecule has 1 aromatic rings. The number of aromatic amines is 1. The number of aryl methyl sites for hydroxylation is 1. The van der Waals surface area contributed by atoms with Crippen molar-refractivity contribution in [1.82, 2.24) is 19.9 Å². The molecule has 0 atom stereocenters. The summed E-state index contributed by atoms with van der Waals surface area (Å²) in [6.45, 7) is 5.12. The fraction of sp³-hybridized carbons (Fsp3) is 0.714. The monoisotopic (exact) mass is 218 g/mol. The highest BCUT2D eigenvalue weighted by molar-refractivity contribution is 7.90. The van der Waals surface area contributed by atoms with Crippen LogP contribution >= 0.6 is 0 Å². The summed E-state index contributed by atoms with van der Waals surface area (Å²) in [5.41, 5.74) is 0. The van der Waals surface area contributed by atoms with E-state index < -0.39 is 15.3 Å². The maximum Gasteiger partial charge on any atom is 0.214 e. The average molecular weight is 218 g/mol. The molecule has 0 spiro atoms. The fourth-order valence-electron chi connectivity index (χ4n) is 0.800. The van der Waals surface area contributed by atoms with Gasteiger partial charge in [0, 0.05) is 0 Å². The highest BCUT2D eigenvalue weighted by atomic mass is 32.2. The lowest BCUT2D eigenvalue weighted by Crippen LogP contribution is -2.30. The molecule has 0 aliphatic heterocycles. The smallest absolute Gasteiger partial charge is 0.214 e. The summed E-state index contributed by atoms with van der Waals surface area (Å²) in [7, 11) is -3.23. The van der Waals surface area contributed by atoms with Crippen LogP contribution in [0.3, 0.4) is 0 Å². The summed E-state index contributed by atoms with van der Waals surface area (Å²) in [5, 5.41) is 6.01. The lowest BCUT2D eigenvalue weighted by Gasteiger charge is -2.06. The standard InChI is InChI=1S/C7H14N4O2S/c1-5(2)14(12,13)8-4-7-9-6(3)10-11-7/h5,8H,4H2,1-3H3,(H,9,10,11). The van der Waals surface area contributed by atoms with Crippen molar-refractivity contribution >= 4 is 10.0 Å². The predicted molar refractivity (Wildman–Crippen MR) is 52.0 cm³/mol. The Labute approximate surface area is 83.2 Å². The van der Waals surface area contributed by atoms with Crippen molar-refractivity contribution in [2.24, 2.45) is 0 Å². The quantitative estimate of drug-likeness (QED) is 0.741. The minimum atomic E-state index is -3.23. The van der Waals surface area contributed by atoms with Gasteiger partial charge in [-0.1, -0.05) is 0 Å². The Kier molecular flexibility index (Phi) is 3.22. The van der Waals surface area contributed by atoms with E-state index in [1.165, 1.54) is 0 Å². The predicted octanol–water partition coefficient (Wildman–Crippen LogP) is -0.0591. The van der Waals surface area contributed by atoms with Gasteiger partial charge in [-0.25, -0.2) is 18.1 Å². The number of nitrogens with one attached hydrogen (secondary N) is 2. The highest BCUT2D eigenvalue weighted by Crippen LogP contribution is 1.98. The molecule has 0 aromatic carbocycles. The van der Waals surface area contributed by atoms with Crippen LogP contribution in [0.5, 0.6) is 0 Å². The van der Waals surface area contributed by atoms with Gasteiger partial charge in [-0.15, -0.1) is 0 Å². The Morgan fingerprint density at radius 2 is 2.14 bits per heavy atom. The van der Waals surface area contributed by atoms with E-state index >= 15 is 0 Å². The molecule has 1 heterocycles. The number of aromatic nitrogens is 3. The highest BCUT2D eigenvalue weighted by Gasteiger charge is 2.15. The third-order valence-electron chi connectivity index (χ3n) is 1.70. The third kappa shape index (κ3) is 2.78. The summed E-state index contributed by atoms with van der Waals surface area (Å²) >= 11 is 0. The first-order valence-electron chi connectivity index (χ1n) is 4.28. The zero-order chi connectivity index (χ0) is 10.8. The number of hydrogen-bond acceptors (Lipinski definition) is 4. The summed E-state index contributed by atoms with van der Waals surface area (Å²) < 4.78 is 25.1. The van der Waals surface area contributed by atoms with Crippen molar-refractivity contribution in [3.8, 4) is 0 Å². The molecule has 80 valence electrons. The molecule has 7 heteroatoms. The van der Waals surface area contributed by atoms with Crippen molar-refractivity contribution < 1.29 is 8.42 Å². The Morgan fingerprint density at radius 3 is 2.57 bits per heavy atom. The van der Waals surface area contributed by atoms with Crippen molar-refractivity contribution in [1.29, 1.82) is 0 Å². The third-order valence-corrected chi connectivity index (χ3v) is 3.48. The van der Waals surface area contributed by atoms with E-state index in [2.05, 4.69) is 19.9 Å². The van der Waals surface area contributed by atoms with Gasteiger partial charge in [-0.05, 0) is 20.8 Å². The van der Waals surface area contributed by atoms with Crippen LogP contribution in [0, 0.1) is 6.92 Å². The number of H-pyrrole nitrogens is 1. The minimum Gasteiger partial charge on any atom is -0.263 e.